The highest BCUT2D eigenvalue weighted by atomic mass is 79.9. The molecule has 2 amide bonds. The van der Waals surface area contributed by atoms with Crippen molar-refractivity contribution in [2.24, 2.45) is 34.2 Å². The van der Waals surface area contributed by atoms with Crippen LogP contribution in [0.1, 0.15) is 18.4 Å². The van der Waals surface area contributed by atoms with Crippen molar-refractivity contribution in [2.75, 3.05) is 14.2 Å². The van der Waals surface area contributed by atoms with Gasteiger partial charge in [-0.3, -0.25) is 9.59 Å². The van der Waals surface area contributed by atoms with Gasteiger partial charge in [-0.05, 0) is 63.7 Å². The quantitative estimate of drug-likeness (QED) is 0.418. The number of methoxy groups -OCH3 is 2. The number of rotatable bonds is 4. The van der Waals surface area contributed by atoms with Crippen molar-refractivity contribution in [3.63, 3.8) is 0 Å². The van der Waals surface area contributed by atoms with Gasteiger partial charge in [0.2, 0.25) is 0 Å². The molecule has 4 aliphatic rings. The molecule has 1 aromatic rings. The number of ether oxygens (including phenoxy) is 2. The van der Waals surface area contributed by atoms with Gasteiger partial charge in [-0.25, -0.2) is 0 Å². The maximum Gasteiger partial charge on any atom is 0.254 e. The number of fused-ring (bicyclic) bond motifs is 3. The zero-order valence-corrected chi connectivity index (χ0v) is 16.6. The Balaban J connectivity index is 1.42. The molecule has 0 aromatic heterocycles. The van der Waals surface area contributed by atoms with Gasteiger partial charge in [0.15, 0.2) is 11.5 Å². The van der Waals surface area contributed by atoms with E-state index in [-0.39, 0.29) is 40.9 Å². The van der Waals surface area contributed by atoms with Crippen LogP contribution in [0.3, 0.4) is 0 Å². The van der Waals surface area contributed by atoms with Crippen molar-refractivity contribution in [3.05, 3.63) is 34.3 Å². The molecule has 2 saturated carbocycles. The summed E-state index contributed by atoms with van der Waals surface area (Å²) in [5.41, 5.74) is 0.905. The highest BCUT2D eigenvalue weighted by molar-refractivity contribution is 9.10. The Morgan fingerprint density at radius 2 is 1.74 bits per heavy atom. The molecular formula is C20H19BrN2O4. The fraction of sp³-hybridized carbons (Fsp3) is 0.450. The van der Waals surface area contributed by atoms with E-state index in [4.69, 9.17) is 9.47 Å². The van der Waals surface area contributed by atoms with Crippen molar-refractivity contribution in [3.8, 4) is 11.5 Å². The normalized spacial score (nSPS) is 32.0. The minimum absolute atomic E-state index is 0.163. The summed E-state index contributed by atoms with van der Waals surface area (Å²) in [5, 5.41) is 5.31. The zero-order valence-electron chi connectivity index (χ0n) is 15.0. The Bertz CT molecular complexity index is 887. The van der Waals surface area contributed by atoms with Crippen molar-refractivity contribution in [2.45, 2.75) is 12.8 Å². The van der Waals surface area contributed by atoms with E-state index in [0.717, 1.165) is 17.9 Å². The molecule has 0 N–H and O–H groups in total. The Hall–Kier alpha value is -2.15. The van der Waals surface area contributed by atoms with Crippen LogP contribution in [0, 0.1) is 29.1 Å². The van der Waals surface area contributed by atoms with Gasteiger partial charge in [-0.2, -0.15) is 10.1 Å². The van der Waals surface area contributed by atoms with Gasteiger partial charge in [-0.15, -0.1) is 0 Å². The second kappa shape index (κ2) is 5.67. The zero-order chi connectivity index (χ0) is 18.9. The number of nitrogens with zero attached hydrogens (tertiary/aromatic N) is 2. The maximum atomic E-state index is 12.9. The predicted molar refractivity (Wildman–Crippen MR) is 101 cm³/mol. The van der Waals surface area contributed by atoms with E-state index in [1.165, 1.54) is 6.21 Å². The van der Waals surface area contributed by atoms with Crippen LogP contribution in [0.4, 0.5) is 0 Å². The minimum Gasteiger partial charge on any atom is -0.493 e. The topological polar surface area (TPSA) is 68.2 Å². The van der Waals surface area contributed by atoms with Crippen LogP contribution in [0.25, 0.3) is 0 Å². The van der Waals surface area contributed by atoms with E-state index in [1.54, 1.807) is 26.4 Å². The van der Waals surface area contributed by atoms with Crippen LogP contribution in [0.5, 0.6) is 11.5 Å². The van der Waals surface area contributed by atoms with E-state index in [2.05, 4.69) is 33.2 Å². The molecule has 1 saturated heterocycles. The summed E-state index contributed by atoms with van der Waals surface area (Å²) in [6.07, 6.45) is 8.09. The number of hydrogen-bond acceptors (Lipinski definition) is 5. The standard InChI is InChI=1S/C20H19BrN2O4/c1-26-14-8-10(7-13(21)17(14)27-2)9-22-23-18(24)15-11-3-4-12(16(15)19(23)25)20(11)5-6-20/h3-4,7-9,11-12,15-16H,5-6H2,1-2H3/b22-9-/t11-,12-,15-,16+/m1/s1. The average Bonchev–Trinajstić information content (AvgIpc) is 3.26. The van der Waals surface area contributed by atoms with Crippen LogP contribution in [0.2, 0.25) is 0 Å². The van der Waals surface area contributed by atoms with E-state index in [9.17, 15) is 9.59 Å². The van der Waals surface area contributed by atoms with E-state index in [1.807, 2.05) is 0 Å². The van der Waals surface area contributed by atoms with Crippen LogP contribution < -0.4 is 9.47 Å². The van der Waals surface area contributed by atoms with Gasteiger partial charge in [0.25, 0.3) is 11.8 Å². The largest absolute Gasteiger partial charge is 0.493 e. The van der Waals surface area contributed by atoms with E-state index in [0.29, 0.717) is 21.5 Å². The Morgan fingerprint density at radius 3 is 2.26 bits per heavy atom. The molecular weight excluding hydrogens is 412 g/mol. The summed E-state index contributed by atoms with van der Waals surface area (Å²) in [4.78, 5) is 25.8. The summed E-state index contributed by atoms with van der Waals surface area (Å²) in [7, 11) is 3.11. The molecule has 6 nitrogen and oxygen atoms in total. The third kappa shape index (κ3) is 2.15. The molecule has 7 heteroatoms. The highest BCUT2D eigenvalue weighted by Crippen LogP contribution is 2.73. The summed E-state index contributed by atoms with van der Waals surface area (Å²) in [5.74, 6) is 0.747. The molecule has 1 aromatic carbocycles. The van der Waals surface area contributed by atoms with E-state index < -0.39 is 0 Å². The second-order valence-corrected chi connectivity index (χ2v) is 8.55. The first-order valence-corrected chi connectivity index (χ1v) is 9.83. The molecule has 0 unspecified atom stereocenters. The van der Waals surface area contributed by atoms with Gasteiger partial charge in [0.05, 0.1) is 36.7 Å². The molecule has 3 fully saturated rings. The van der Waals surface area contributed by atoms with Crippen LogP contribution in [-0.4, -0.2) is 37.3 Å². The summed E-state index contributed by atoms with van der Waals surface area (Å²) >= 11 is 3.44. The van der Waals surface area contributed by atoms with Gasteiger partial charge in [0.1, 0.15) is 0 Å². The van der Waals surface area contributed by atoms with Crippen molar-refractivity contribution in [1.29, 1.82) is 0 Å². The van der Waals surface area contributed by atoms with Crippen LogP contribution >= 0.6 is 15.9 Å². The first-order valence-electron chi connectivity index (χ1n) is 9.03. The molecule has 140 valence electrons. The SMILES string of the molecule is COc1cc(/C=N\N2C(=O)[C@@H]3[C@H](C2=O)[C@H]2C=C[C@H]3C23CC3)cc(Br)c1OC. The number of imide groups is 1. The van der Waals surface area contributed by atoms with Gasteiger partial charge >= 0.3 is 0 Å². The molecule has 1 heterocycles. The average molecular weight is 431 g/mol. The number of amides is 2. The van der Waals surface area contributed by atoms with Crippen molar-refractivity contribution >= 4 is 34.0 Å². The highest BCUT2D eigenvalue weighted by Gasteiger charge is 2.73. The Morgan fingerprint density at radius 1 is 1.11 bits per heavy atom. The molecule has 0 radical (unpaired) electrons. The second-order valence-electron chi connectivity index (χ2n) is 7.69. The lowest BCUT2D eigenvalue weighted by Crippen LogP contribution is -2.30. The molecule has 4 atom stereocenters. The molecule has 27 heavy (non-hydrogen) atoms. The number of allylic oxidation sites excluding steroid dienone is 2. The van der Waals surface area contributed by atoms with Gasteiger partial charge in [0, 0.05) is 0 Å². The fourth-order valence-electron chi connectivity index (χ4n) is 5.31. The first-order chi connectivity index (χ1) is 13.0. The number of hydrazone groups is 1. The number of carbonyl (C=O) groups excluding carboxylic acids is 2. The summed E-state index contributed by atoms with van der Waals surface area (Å²) in [6.45, 7) is 0. The predicted octanol–water partition coefficient (Wildman–Crippen LogP) is 3.00. The number of carbonyl (C=O) groups is 2. The van der Waals surface area contributed by atoms with Gasteiger partial charge in [-0.1, -0.05) is 12.2 Å². The number of halogens is 1. The Labute approximate surface area is 165 Å². The molecule has 3 aliphatic carbocycles. The third-order valence-electron chi connectivity index (χ3n) is 6.61. The monoisotopic (exact) mass is 430 g/mol. The molecule has 5 rings (SSSR count). The fourth-order valence-corrected chi connectivity index (χ4v) is 5.93. The summed E-state index contributed by atoms with van der Waals surface area (Å²) in [6, 6.07) is 3.56. The smallest absolute Gasteiger partial charge is 0.254 e. The summed E-state index contributed by atoms with van der Waals surface area (Å²) < 4.78 is 11.3. The molecule has 1 aliphatic heterocycles. The maximum absolute atomic E-state index is 12.9. The van der Waals surface area contributed by atoms with Crippen LogP contribution in [0.15, 0.2) is 33.9 Å². The lowest BCUT2D eigenvalue weighted by molar-refractivity contribution is -0.141. The minimum atomic E-state index is -0.232. The number of hydrogen-bond donors (Lipinski definition) is 0. The van der Waals surface area contributed by atoms with Gasteiger partial charge < -0.3 is 9.47 Å². The van der Waals surface area contributed by atoms with Crippen molar-refractivity contribution < 1.29 is 19.1 Å². The molecule has 2 bridgehead atoms. The number of benzene rings is 1. The lowest BCUT2D eigenvalue weighted by atomic mass is 9.85. The van der Waals surface area contributed by atoms with Crippen LogP contribution in [-0.2, 0) is 9.59 Å². The lowest BCUT2D eigenvalue weighted by Gasteiger charge is -2.18. The van der Waals surface area contributed by atoms with E-state index >= 15 is 0 Å². The van der Waals surface area contributed by atoms with Crippen molar-refractivity contribution in [1.82, 2.24) is 5.01 Å². The first kappa shape index (κ1) is 17.0. The Kier molecular flexibility index (Phi) is 3.57. The molecule has 1 spiro atoms. The third-order valence-corrected chi connectivity index (χ3v) is 7.20.